The molecule has 142 valence electrons. The fraction of sp³-hybridized carbons (Fsp3) is 0.471. The minimum absolute atomic E-state index is 0.0407. The Morgan fingerprint density at radius 1 is 1.37 bits per heavy atom. The lowest BCUT2D eigenvalue weighted by molar-refractivity contribution is 0.0694. The van der Waals surface area contributed by atoms with Crippen molar-refractivity contribution in [1.82, 2.24) is 30.0 Å². The molecule has 1 aliphatic rings. The van der Waals surface area contributed by atoms with E-state index in [1.165, 1.54) is 11.3 Å². The minimum Gasteiger partial charge on any atom is -0.338 e. The topological polar surface area (TPSA) is 89.9 Å². The standard InChI is InChI=1S/C17H19ClN6O2S/c1-2-3-15-19-16(26-21-15)12-10-24(22-20-12)11-6-8-23(9-7-11)17(25)13-4-5-14(18)27-13/h4-5,10-11H,2-3,6-9H2,1H3. The molecule has 4 rings (SSSR count). The summed E-state index contributed by atoms with van der Waals surface area (Å²) in [6.45, 7) is 3.42. The first kappa shape index (κ1) is 18.1. The first-order valence-electron chi connectivity index (χ1n) is 8.93. The Kier molecular flexibility index (Phi) is 5.22. The van der Waals surface area contributed by atoms with Crippen molar-refractivity contribution in [2.45, 2.75) is 38.6 Å². The molecule has 10 heteroatoms. The van der Waals surface area contributed by atoms with Gasteiger partial charge in [-0.3, -0.25) is 4.79 Å². The van der Waals surface area contributed by atoms with Gasteiger partial charge in [-0.1, -0.05) is 28.9 Å². The number of amides is 1. The highest BCUT2D eigenvalue weighted by atomic mass is 35.5. The maximum Gasteiger partial charge on any atom is 0.280 e. The molecule has 0 N–H and O–H groups in total. The lowest BCUT2D eigenvalue weighted by Gasteiger charge is -2.31. The van der Waals surface area contributed by atoms with E-state index in [2.05, 4.69) is 27.4 Å². The number of nitrogens with zero attached hydrogens (tertiary/aromatic N) is 6. The number of rotatable bonds is 5. The van der Waals surface area contributed by atoms with Crippen molar-refractivity contribution in [1.29, 1.82) is 0 Å². The highest BCUT2D eigenvalue weighted by Gasteiger charge is 2.26. The van der Waals surface area contributed by atoms with Gasteiger partial charge in [0.15, 0.2) is 11.5 Å². The molecule has 1 saturated heterocycles. The third kappa shape index (κ3) is 3.89. The average Bonchev–Trinajstić information content (AvgIpc) is 3.42. The number of hydrogen-bond acceptors (Lipinski definition) is 7. The number of carbonyl (C=O) groups excluding carboxylic acids is 1. The summed E-state index contributed by atoms with van der Waals surface area (Å²) in [5, 5.41) is 12.3. The summed E-state index contributed by atoms with van der Waals surface area (Å²) in [5.74, 6) is 1.12. The summed E-state index contributed by atoms with van der Waals surface area (Å²) >= 11 is 7.25. The van der Waals surface area contributed by atoms with E-state index >= 15 is 0 Å². The van der Waals surface area contributed by atoms with Crippen LogP contribution in [0.2, 0.25) is 4.34 Å². The molecule has 0 radical (unpaired) electrons. The molecule has 3 aromatic heterocycles. The highest BCUT2D eigenvalue weighted by molar-refractivity contribution is 7.17. The number of aromatic nitrogens is 5. The van der Waals surface area contributed by atoms with Gasteiger partial charge >= 0.3 is 0 Å². The Bertz CT molecular complexity index is 927. The zero-order chi connectivity index (χ0) is 18.8. The molecule has 0 bridgehead atoms. The summed E-state index contributed by atoms with van der Waals surface area (Å²) in [6.07, 6.45) is 5.21. The minimum atomic E-state index is 0.0407. The summed E-state index contributed by atoms with van der Waals surface area (Å²) in [5.41, 5.74) is 0.580. The van der Waals surface area contributed by atoms with Crippen LogP contribution in [0.1, 0.15) is 47.7 Å². The monoisotopic (exact) mass is 406 g/mol. The molecule has 0 unspecified atom stereocenters. The molecular formula is C17H19ClN6O2S. The Hall–Kier alpha value is -2.26. The van der Waals surface area contributed by atoms with Crippen LogP contribution in [0.15, 0.2) is 22.9 Å². The second kappa shape index (κ2) is 7.77. The van der Waals surface area contributed by atoms with Crippen molar-refractivity contribution >= 4 is 28.8 Å². The lowest BCUT2D eigenvalue weighted by atomic mass is 10.1. The van der Waals surface area contributed by atoms with E-state index in [9.17, 15) is 4.79 Å². The van der Waals surface area contributed by atoms with Crippen LogP contribution in [0.3, 0.4) is 0 Å². The number of likely N-dealkylation sites (tertiary alicyclic amines) is 1. The summed E-state index contributed by atoms with van der Waals surface area (Å²) < 4.78 is 7.73. The number of aryl methyl sites for hydroxylation is 1. The molecule has 0 aliphatic carbocycles. The second-order valence-corrected chi connectivity index (χ2v) is 8.19. The lowest BCUT2D eigenvalue weighted by Crippen LogP contribution is -2.38. The molecule has 1 aliphatic heterocycles. The zero-order valence-corrected chi connectivity index (χ0v) is 16.4. The summed E-state index contributed by atoms with van der Waals surface area (Å²) in [7, 11) is 0. The van der Waals surface area contributed by atoms with Gasteiger partial charge in [-0.05, 0) is 31.4 Å². The van der Waals surface area contributed by atoms with Gasteiger partial charge < -0.3 is 9.42 Å². The predicted octanol–water partition coefficient (Wildman–Crippen LogP) is 3.47. The van der Waals surface area contributed by atoms with Crippen molar-refractivity contribution in [3.8, 4) is 11.6 Å². The van der Waals surface area contributed by atoms with E-state index in [0.717, 1.165) is 25.7 Å². The van der Waals surface area contributed by atoms with Gasteiger partial charge in [0.2, 0.25) is 0 Å². The molecule has 1 amide bonds. The van der Waals surface area contributed by atoms with Gasteiger partial charge in [-0.25, -0.2) is 4.68 Å². The van der Waals surface area contributed by atoms with Crippen molar-refractivity contribution in [3.63, 3.8) is 0 Å². The maximum atomic E-state index is 12.5. The molecule has 27 heavy (non-hydrogen) atoms. The molecular weight excluding hydrogens is 388 g/mol. The Labute approximate surface area is 165 Å². The molecule has 0 spiro atoms. The van der Waals surface area contributed by atoms with Crippen LogP contribution < -0.4 is 0 Å². The van der Waals surface area contributed by atoms with Crippen molar-refractivity contribution in [2.24, 2.45) is 0 Å². The smallest absolute Gasteiger partial charge is 0.280 e. The van der Waals surface area contributed by atoms with Gasteiger partial charge in [0.25, 0.3) is 11.8 Å². The molecule has 0 aromatic carbocycles. The third-order valence-corrected chi connectivity index (χ3v) is 5.80. The molecule has 1 fully saturated rings. The van der Waals surface area contributed by atoms with Crippen LogP contribution in [-0.2, 0) is 6.42 Å². The van der Waals surface area contributed by atoms with Crippen LogP contribution in [0.5, 0.6) is 0 Å². The number of carbonyl (C=O) groups is 1. The summed E-state index contributed by atoms with van der Waals surface area (Å²) in [6, 6.07) is 3.73. The number of halogens is 1. The molecule has 8 nitrogen and oxygen atoms in total. The van der Waals surface area contributed by atoms with Crippen molar-refractivity contribution in [3.05, 3.63) is 33.4 Å². The van der Waals surface area contributed by atoms with E-state index < -0.39 is 0 Å². The SMILES string of the molecule is CCCc1noc(-c2cn(C3CCN(C(=O)c4ccc(Cl)s4)CC3)nn2)n1. The van der Waals surface area contributed by atoms with Gasteiger partial charge in [0.1, 0.15) is 0 Å². The summed E-state index contributed by atoms with van der Waals surface area (Å²) in [4.78, 5) is 19.4. The van der Waals surface area contributed by atoms with E-state index in [-0.39, 0.29) is 11.9 Å². The van der Waals surface area contributed by atoms with E-state index in [1.54, 1.807) is 12.1 Å². The molecule has 3 aromatic rings. The quantitative estimate of drug-likeness (QED) is 0.644. The van der Waals surface area contributed by atoms with Crippen LogP contribution in [-0.4, -0.2) is 49.0 Å². The zero-order valence-electron chi connectivity index (χ0n) is 14.8. The third-order valence-electron chi connectivity index (χ3n) is 4.58. The van der Waals surface area contributed by atoms with Crippen molar-refractivity contribution < 1.29 is 9.32 Å². The molecule has 0 atom stereocenters. The highest BCUT2D eigenvalue weighted by Crippen LogP contribution is 2.27. The van der Waals surface area contributed by atoms with Crippen LogP contribution in [0.25, 0.3) is 11.6 Å². The average molecular weight is 407 g/mol. The number of thiophene rings is 1. The van der Waals surface area contributed by atoms with E-state index in [4.69, 9.17) is 16.1 Å². The molecule has 4 heterocycles. The van der Waals surface area contributed by atoms with Gasteiger partial charge in [0, 0.05) is 19.5 Å². The first-order valence-corrected chi connectivity index (χ1v) is 10.1. The fourth-order valence-corrected chi connectivity index (χ4v) is 4.17. The van der Waals surface area contributed by atoms with Gasteiger partial charge in [0.05, 0.1) is 21.5 Å². The van der Waals surface area contributed by atoms with Crippen LogP contribution in [0.4, 0.5) is 0 Å². The van der Waals surface area contributed by atoms with E-state index in [0.29, 0.717) is 39.7 Å². The van der Waals surface area contributed by atoms with Gasteiger partial charge in [-0.2, -0.15) is 4.98 Å². The van der Waals surface area contributed by atoms with Crippen LogP contribution >= 0.6 is 22.9 Å². The van der Waals surface area contributed by atoms with Crippen LogP contribution in [0, 0.1) is 0 Å². The van der Waals surface area contributed by atoms with Crippen molar-refractivity contribution in [2.75, 3.05) is 13.1 Å². The Balaban J connectivity index is 1.38. The maximum absolute atomic E-state index is 12.5. The fourth-order valence-electron chi connectivity index (χ4n) is 3.15. The van der Waals surface area contributed by atoms with E-state index in [1.807, 2.05) is 15.8 Å². The number of hydrogen-bond donors (Lipinski definition) is 0. The number of piperidine rings is 1. The predicted molar refractivity (Wildman–Crippen MR) is 101 cm³/mol. The molecule has 0 saturated carbocycles. The Morgan fingerprint density at radius 2 is 2.19 bits per heavy atom. The largest absolute Gasteiger partial charge is 0.338 e. The first-order chi connectivity index (χ1) is 13.1. The normalized spacial score (nSPS) is 15.4. The van der Waals surface area contributed by atoms with Gasteiger partial charge in [-0.15, -0.1) is 16.4 Å². The Morgan fingerprint density at radius 3 is 2.89 bits per heavy atom. The second-order valence-electron chi connectivity index (χ2n) is 6.48.